The number of likely N-dealkylation sites (N-methyl/N-ethyl adjacent to an activating group) is 2. The molecular formula is C28H31N9O3. The quantitative estimate of drug-likeness (QED) is 0.291. The van der Waals surface area contributed by atoms with Crippen molar-refractivity contribution in [2.24, 2.45) is 7.05 Å². The van der Waals surface area contributed by atoms with Crippen molar-refractivity contribution in [3.8, 4) is 17.6 Å². The number of aryl methyl sites for hydroxylation is 1. The van der Waals surface area contributed by atoms with Crippen molar-refractivity contribution in [1.82, 2.24) is 24.0 Å². The number of rotatable bonds is 10. The van der Waals surface area contributed by atoms with E-state index in [1.165, 1.54) is 21.4 Å². The highest BCUT2D eigenvalue weighted by Gasteiger charge is 2.18. The lowest BCUT2D eigenvalue weighted by molar-refractivity contribution is -0.111. The molecule has 1 amide bonds. The van der Waals surface area contributed by atoms with E-state index >= 15 is 0 Å². The van der Waals surface area contributed by atoms with Crippen molar-refractivity contribution in [2.75, 3.05) is 56.9 Å². The second kappa shape index (κ2) is 11.7. The summed E-state index contributed by atoms with van der Waals surface area (Å²) in [5, 5.41) is 15.3. The molecule has 4 aromatic rings. The van der Waals surface area contributed by atoms with E-state index in [0.29, 0.717) is 46.1 Å². The number of amides is 1. The van der Waals surface area contributed by atoms with Crippen LogP contribution in [0.5, 0.6) is 5.75 Å². The standard InChI is InChI=1S/C28H31N9O3/c1-7-26(38)31-19-15-20(24(40-6)16-22(19)35(4)13-12-34(2)3)32-27-30-11-10-25(33-27)37-21-9-8-18(17-29)14-23(21)36(5)28(37)39/h7-11,14-16H,1,12-13H2,2-6H3,(H,31,38)(H,30,32,33). The van der Waals surface area contributed by atoms with Gasteiger partial charge in [-0.1, -0.05) is 6.58 Å². The highest BCUT2D eigenvalue weighted by Crippen LogP contribution is 2.38. The van der Waals surface area contributed by atoms with Crippen LogP contribution in [-0.4, -0.2) is 71.3 Å². The molecule has 0 spiro atoms. The molecule has 0 unspecified atom stereocenters. The van der Waals surface area contributed by atoms with Crippen molar-refractivity contribution < 1.29 is 9.53 Å². The summed E-state index contributed by atoms with van der Waals surface area (Å²) in [7, 11) is 9.11. The number of hydrogen-bond donors (Lipinski definition) is 2. The summed E-state index contributed by atoms with van der Waals surface area (Å²) in [6.07, 6.45) is 2.74. The maximum atomic E-state index is 13.1. The zero-order valence-electron chi connectivity index (χ0n) is 23.1. The van der Waals surface area contributed by atoms with Gasteiger partial charge in [-0.25, -0.2) is 14.3 Å². The number of nitrogens with one attached hydrogen (secondary N) is 2. The third-order valence-corrected chi connectivity index (χ3v) is 6.36. The van der Waals surface area contributed by atoms with E-state index in [4.69, 9.17) is 4.74 Å². The predicted octanol–water partition coefficient (Wildman–Crippen LogP) is 2.87. The summed E-state index contributed by atoms with van der Waals surface area (Å²) >= 11 is 0. The molecular weight excluding hydrogens is 510 g/mol. The highest BCUT2D eigenvalue weighted by atomic mass is 16.5. The molecule has 0 aliphatic rings. The number of methoxy groups -OCH3 is 1. The Bertz CT molecular complexity index is 1680. The zero-order valence-corrected chi connectivity index (χ0v) is 23.1. The van der Waals surface area contributed by atoms with E-state index in [9.17, 15) is 14.9 Å². The van der Waals surface area contributed by atoms with Crippen molar-refractivity contribution >= 4 is 40.0 Å². The van der Waals surface area contributed by atoms with Crippen molar-refractivity contribution in [1.29, 1.82) is 5.26 Å². The largest absolute Gasteiger partial charge is 0.494 e. The first-order chi connectivity index (χ1) is 19.2. The topological polar surface area (TPSA) is 133 Å². The number of anilines is 4. The second-order valence-corrected chi connectivity index (χ2v) is 9.34. The Morgan fingerprint density at radius 1 is 1.15 bits per heavy atom. The predicted molar refractivity (Wildman–Crippen MR) is 156 cm³/mol. The van der Waals surface area contributed by atoms with Gasteiger partial charge >= 0.3 is 5.69 Å². The van der Waals surface area contributed by atoms with E-state index in [1.807, 2.05) is 32.1 Å². The van der Waals surface area contributed by atoms with Crippen LogP contribution in [0.4, 0.5) is 23.0 Å². The minimum atomic E-state index is -0.355. The lowest BCUT2D eigenvalue weighted by Crippen LogP contribution is -2.29. The molecule has 2 heterocycles. The lowest BCUT2D eigenvalue weighted by atomic mass is 10.2. The smallest absolute Gasteiger partial charge is 0.334 e. The van der Waals surface area contributed by atoms with Gasteiger partial charge in [0.2, 0.25) is 11.9 Å². The number of nitrogens with zero attached hydrogens (tertiary/aromatic N) is 7. The molecule has 206 valence electrons. The van der Waals surface area contributed by atoms with E-state index in [-0.39, 0.29) is 17.5 Å². The number of ether oxygens (including phenoxy) is 1. The Balaban J connectivity index is 1.75. The molecule has 40 heavy (non-hydrogen) atoms. The third kappa shape index (κ3) is 5.64. The van der Waals surface area contributed by atoms with E-state index in [2.05, 4.69) is 38.1 Å². The molecule has 12 nitrogen and oxygen atoms in total. The second-order valence-electron chi connectivity index (χ2n) is 9.34. The van der Waals surface area contributed by atoms with Crippen molar-refractivity contribution in [3.05, 3.63) is 71.3 Å². The number of benzene rings is 2. The Morgan fingerprint density at radius 3 is 2.60 bits per heavy atom. The molecule has 2 N–H and O–H groups in total. The summed E-state index contributed by atoms with van der Waals surface area (Å²) in [6, 6.07) is 12.3. The minimum absolute atomic E-state index is 0.211. The monoisotopic (exact) mass is 541 g/mol. The number of carbonyl (C=O) groups excluding carboxylic acids is 1. The SMILES string of the molecule is C=CC(=O)Nc1cc(Nc2nccc(-n3c(=O)n(C)c4cc(C#N)ccc43)n2)c(OC)cc1N(C)CCN(C)C. The van der Waals surface area contributed by atoms with Gasteiger partial charge in [0, 0.05) is 45.5 Å². The normalized spacial score (nSPS) is 10.8. The van der Waals surface area contributed by atoms with Crippen LogP contribution in [0.15, 0.2) is 60.0 Å². The summed E-state index contributed by atoms with van der Waals surface area (Å²) < 4.78 is 8.59. The number of aromatic nitrogens is 4. The molecule has 0 atom stereocenters. The highest BCUT2D eigenvalue weighted by molar-refractivity contribution is 6.02. The first-order valence-corrected chi connectivity index (χ1v) is 12.4. The van der Waals surface area contributed by atoms with Crippen LogP contribution in [-0.2, 0) is 11.8 Å². The summed E-state index contributed by atoms with van der Waals surface area (Å²) in [4.78, 5) is 38.4. The Kier molecular flexibility index (Phi) is 8.16. The van der Waals surface area contributed by atoms with Crippen LogP contribution in [0.25, 0.3) is 16.9 Å². The van der Waals surface area contributed by atoms with Gasteiger partial charge in [0.25, 0.3) is 0 Å². The fourth-order valence-corrected chi connectivity index (χ4v) is 4.19. The number of fused-ring (bicyclic) bond motifs is 1. The Hall–Kier alpha value is -5.15. The van der Waals surface area contributed by atoms with E-state index in [0.717, 1.165) is 12.2 Å². The summed E-state index contributed by atoms with van der Waals surface area (Å²) in [5.41, 5.74) is 3.16. The Morgan fingerprint density at radius 2 is 1.93 bits per heavy atom. The van der Waals surface area contributed by atoms with Gasteiger partial charge in [-0.15, -0.1) is 0 Å². The molecule has 0 radical (unpaired) electrons. The van der Waals surface area contributed by atoms with E-state index < -0.39 is 0 Å². The molecule has 0 aliphatic carbocycles. The Labute approximate surface area is 231 Å². The maximum absolute atomic E-state index is 13.1. The first-order valence-electron chi connectivity index (χ1n) is 12.4. The average molecular weight is 542 g/mol. The zero-order chi connectivity index (χ0) is 29.0. The molecule has 2 aromatic carbocycles. The first kappa shape index (κ1) is 27.9. The molecule has 0 bridgehead atoms. The molecule has 0 saturated carbocycles. The van der Waals surface area contributed by atoms with Gasteiger partial charge in [-0.3, -0.25) is 9.36 Å². The molecule has 0 aliphatic heterocycles. The van der Waals surface area contributed by atoms with Crippen LogP contribution in [0, 0.1) is 11.3 Å². The van der Waals surface area contributed by atoms with E-state index in [1.54, 1.807) is 44.5 Å². The number of nitriles is 1. The molecule has 0 fully saturated rings. The summed E-state index contributed by atoms with van der Waals surface area (Å²) in [5.74, 6) is 0.704. The van der Waals surface area contributed by atoms with Crippen LogP contribution in [0.1, 0.15) is 5.56 Å². The number of imidazole rings is 1. The fourth-order valence-electron chi connectivity index (χ4n) is 4.19. The molecule has 4 rings (SSSR count). The number of hydrogen-bond acceptors (Lipinski definition) is 9. The van der Waals surface area contributed by atoms with Crippen LogP contribution < -0.4 is 26.0 Å². The van der Waals surface area contributed by atoms with Crippen LogP contribution >= 0.6 is 0 Å². The average Bonchev–Trinajstić information content (AvgIpc) is 3.20. The van der Waals surface area contributed by atoms with Crippen LogP contribution in [0.3, 0.4) is 0 Å². The minimum Gasteiger partial charge on any atom is -0.494 e. The van der Waals surface area contributed by atoms with Gasteiger partial charge in [-0.05, 0) is 44.4 Å². The van der Waals surface area contributed by atoms with Gasteiger partial charge in [0.15, 0.2) is 0 Å². The van der Waals surface area contributed by atoms with Crippen molar-refractivity contribution in [3.63, 3.8) is 0 Å². The van der Waals surface area contributed by atoms with Gasteiger partial charge in [-0.2, -0.15) is 10.2 Å². The molecule has 12 heteroatoms. The number of carbonyl (C=O) groups is 1. The van der Waals surface area contributed by atoms with Gasteiger partial charge in [0.1, 0.15) is 11.6 Å². The maximum Gasteiger partial charge on any atom is 0.334 e. The summed E-state index contributed by atoms with van der Waals surface area (Å²) in [6.45, 7) is 5.07. The molecule has 0 saturated heterocycles. The lowest BCUT2D eigenvalue weighted by Gasteiger charge is -2.26. The molecule has 2 aromatic heterocycles. The van der Waals surface area contributed by atoms with Crippen LogP contribution in [0.2, 0.25) is 0 Å². The van der Waals surface area contributed by atoms with Crippen molar-refractivity contribution in [2.45, 2.75) is 0 Å². The fraction of sp³-hybridized carbons (Fsp3) is 0.250. The third-order valence-electron chi connectivity index (χ3n) is 6.36. The van der Waals surface area contributed by atoms with Gasteiger partial charge in [0.05, 0.1) is 46.8 Å². The van der Waals surface area contributed by atoms with Gasteiger partial charge < -0.3 is 25.2 Å².